The minimum absolute atomic E-state index is 0.0732. The van der Waals surface area contributed by atoms with Crippen LogP contribution in [0.15, 0.2) is 24.3 Å². The summed E-state index contributed by atoms with van der Waals surface area (Å²) in [6.45, 7) is 9.61. The van der Waals surface area contributed by atoms with E-state index in [1.165, 1.54) is 11.4 Å². The second-order valence-corrected chi connectivity index (χ2v) is 6.97. The van der Waals surface area contributed by atoms with Gasteiger partial charge in [0, 0.05) is 39.8 Å². The number of carbonyl (C=O) groups excluding carboxylic acids is 1. The van der Waals surface area contributed by atoms with Crippen molar-refractivity contribution in [3.8, 4) is 0 Å². The molecular weight excluding hydrogens is 308 g/mol. The zero-order valence-electron chi connectivity index (χ0n) is 13.9. The van der Waals surface area contributed by atoms with Crippen molar-refractivity contribution in [1.29, 1.82) is 0 Å². The molecule has 2 aromatic rings. The molecule has 3 rings (SSSR count). The number of amides is 1. The van der Waals surface area contributed by atoms with Gasteiger partial charge in [0.25, 0.3) is 5.91 Å². The third-order valence-corrected chi connectivity index (χ3v) is 4.46. The van der Waals surface area contributed by atoms with E-state index in [0.29, 0.717) is 16.5 Å². The van der Waals surface area contributed by atoms with Gasteiger partial charge in [-0.05, 0) is 55.7 Å². The van der Waals surface area contributed by atoms with E-state index in [1.807, 2.05) is 18.2 Å². The van der Waals surface area contributed by atoms with Crippen LogP contribution in [-0.2, 0) is 11.3 Å². The zero-order chi connectivity index (χ0) is 16.7. The molecule has 0 fully saturated rings. The third-order valence-electron chi connectivity index (χ3n) is 4.22. The summed E-state index contributed by atoms with van der Waals surface area (Å²) in [5, 5.41) is 3.53. The van der Waals surface area contributed by atoms with Gasteiger partial charge < -0.3 is 9.88 Å². The maximum Gasteiger partial charge on any atom is 0.256 e. The van der Waals surface area contributed by atoms with Crippen LogP contribution in [0.1, 0.15) is 36.4 Å². The predicted molar refractivity (Wildman–Crippen MR) is 96.7 cm³/mol. The van der Waals surface area contributed by atoms with E-state index in [9.17, 15) is 4.79 Å². The summed E-state index contributed by atoms with van der Waals surface area (Å²) in [7, 11) is 0. The third kappa shape index (κ3) is 2.93. The largest absolute Gasteiger partial charge is 0.348 e. The minimum Gasteiger partial charge on any atom is -0.348 e. The van der Waals surface area contributed by atoms with Crippen molar-refractivity contribution in [3.63, 3.8) is 0 Å². The SMILES string of the molecule is Cc1cc(C=C2C(=O)Nc3ccc(Cl)cc32)c(C)n1CC(C)C. The van der Waals surface area contributed by atoms with Gasteiger partial charge in [-0.3, -0.25) is 4.79 Å². The highest BCUT2D eigenvalue weighted by Crippen LogP contribution is 2.35. The lowest BCUT2D eigenvalue weighted by atomic mass is 10.0. The van der Waals surface area contributed by atoms with Crippen LogP contribution in [0.2, 0.25) is 5.02 Å². The summed E-state index contributed by atoms with van der Waals surface area (Å²) in [6, 6.07) is 7.62. The number of hydrogen-bond acceptors (Lipinski definition) is 1. The fourth-order valence-corrected chi connectivity index (χ4v) is 3.25. The number of fused-ring (bicyclic) bond motifs is 1. The van der Waals surface area contributed by atoms with Crippen LogP contribution in [0.5, 0.6) is 0 Å². The zero-order valence-corrected chi connectivity index (χ0v) is 14.7. The lowest BCUT2D eigenvalue weighted by Gasteiger charge is -2.12. The molecule has 1 N–H and O–H groups in total. The first-order chi connectivity index (χ1) is 10.9. The number of nitrogens with one attached hydrogen (secondary N) is 1. The van der Waals surface area contributed by atoms with E-state index < -0.39 is 0 Å². The molecule has 0 bridgehead atoms. The molecule has 120 valence electrons. The highest BCUT2D eigenvalue weighted by atomic mass is 35.5. The number of halogens is 1. The van der Waals surface area contributed by atoms with Crippen LogP contribution in [0.25, 0.3) is 11.6 Å². The molecule has 4 heteroatoms. The summed E-state index contributed by atoms with van der Waals surface area (Å²) in [5.74, 6) is 0.505. The highest BCUT2D eigenvalue weighted by Gasteiger charge is 2.24. The Morgan fingerprint density at radius 1 is 1.26 bits per heavy atom. The van der Waals surface area contributed by atoms with Gasteiger partial charge in [0.1, 0.15) is 0 Å². The molecule has 0 saturated carbocycles. The van der Waals surface area contributed by atoms with Gasteiger partial charge in [0.2, 0.25) is 0 Å². The first-order valence-corrected chi connectivity index (χ1v) is 8.24. The average molecular weight is 329 g/mol. The molecule has 3 nitrogen and oxygen atoms in total. The Hall–Kier alpha value is -2.00. The molecule has 0 unspecified atom stereocenters. The summed E-state index contributed by atoms with van der Waals surface area (Å²) < 4.78 is 2.31. The smallest absolute Gasteiger partial charge is 0.256 e. The van der Waals surface area contributed by atoms with Gasteiger partial charge in [-0.25, -0.2) is 0 Å². The molecule has 1 aliphatic rings. The normalized spacial score (nSPS) is 15.4. The molecular formula is C19H21ClN2O. The molecule has 2 heterocycles. The average Bonchev–Trinajstić information content (AvgIpc) is 2.91. The molecule has 0 saturated heterocycles. The van der Waals surface area contributed by atoms with Gasteiger partial charge in [-0.2, -0.15) is 0 Å². The van der Waals surface area contributed by atoms with Crippen molar-refractivity contribution in [3.05, 3.63) is 51.8 Å². The highest BCUT2D eigenvalue weighted by molar-refractivity contribution is 6.36. The molecule has 1 aliphatic heterocycles. The summed E-state index contributed by atoms with van der Waals surface area (Å²) in [4.78, 5) is 12.3. The van der Waals surface area contributed by atoms with Crippen LogP contribution >= 0.6 is 11.6 Å². The maximum absolute atomic E-state index is 12.3. The summed E-state index contributed by atoms with van der Waals surface area (Å²) in [6.07, 6.45) is 1.97. The molecule has 0 radical (unpaired) electrons. The van der Waals surface area contributed by atoms with Crippen LogP contribution in [0.4, 0.5) is 5.69 Å². The lowest BCUT2D eigenvalue weighted by molar-refractivity contribution is -0.110. The fourth-order valence-electron chi connectivity index (χ4n) is 3.08. The van der Waals surface area contributed by atoms with Crippen LogP contribution < -0.4 is 5.32 Å². The minimum atomic E-state index is -0.0732. The number of nitrogens with zero attached hydrogens (tertiary/aromatic N) is 1. The van der Waals surface area contributed by atoms with Gasteiger partial charge in [-0.1, -0.05) is 25.4 Å². The lowest BCUT2D eigenvalue weighted by Crippen LogP contribution is -2.07. The van der Waals surface area contributed by atoms with Gasteiger partial charge in [-0.15, -0.1) is 0 Å². The van der Waals surface area contributed by atoms with Gasteiger partial charge in [0.15, 0.2) is 0 Å². The van der Waals surface area contributed by atoms with Crippen LogP contribution in [-0.4, -0.2) is 10.5 Å². The van der Waals surface area contributed by atoms with Crippen molar-refractivity contribution in [2.75, 3.05) is 5.32 Å². The number of aromatic nitrogens is 1. The van der Waals surface area contributed by atoms with Crippen molar-refractivity contribution < 1.29 is 4.79 Å². The summed E-state index contributed by atoms with van der Waals surface area (Å²) in [5.41, 5.74) is 5.85. The Morgan fingerprint density at radius 2 is 2.00 bits per heavy atom. The number of rotatable bonds is 3. The van der Waals surface area contributed by atoms with E-state index in [-0.39, 0.29) is 5.91 Å². The molecule has 23 heavy (non-hydrogen) atoms. The van der Waals surface area contributed by atoms with E-state index >= 15 is 0 Å². The van der Waals surface area contributed by atoms with E-state index in [0.717, 1.165) is 23.4 Å². The van der Waals surface area contributed by atoms with Crippen molar-refractivity contribution in [2.45, 2.75) is 34.2 Å². The van der Waals surface area contributed by atoms with Crippen molar-refractivity contribution >= 4 is 34.8 Å². The maximum atomic E-state index is 12.3. The monoisotopic (exact) mass is 328 g/mol. The molecule has 0 aliphatic carbocycles. The van der Waals surface area contributed by atoms with Crippen molar-refractivity contribution in [2.24, 2.45) is 5.92 Å². The van der Waals surface area contributed by atoms with Crippen LogP contribution in [0, 0.1) is 19.8 Å². The summed E-state index contributed by atoms with van der Waals surface area (Å²) >= 11 is 6.09. The topological polar surface area (TPSA) is 34.0 Å². The quantitative estimate of drug-likeness (QED) is 0.798. The Labute approximate surface area is 142 Å². The molecule has 1 aromatic carbocycles. The van der Waals surface area contributed by atoms with Crippen molar-refractivity contribution in [1.82, 2.24) is 4.57 Å². The van der Waals surface area contributed by atoms with Gasteiger partial charge >= 0.3 is 0 Å². The predicted octanol–water partition coefficient (Wildman–Crippen LogP) is 4.91. The Morgan fingerprint density at radius 3 is 2.70 bits per heavy atom. The fraction of sp³-hybridized carbons (Fsp3) is 0.316. The van der Waals surface area contributed by atoms with E-state index in [2.05, 4.69) is 43.6 Å². The number of hydrogen-bond donors (Lipinski definition) is 1. The van der Waals surface area contributed by atoms with Gasteiger partial charge in [0.05, 0.1) is 0 Å². The van der Waals surface area contributed by atoms with E-state index in [4.69, 9.17) is 11.6 Å². The molecule has 0 spiro atoms. The Bertz CT molecular complexity index is 815. The molecule has 1 amide bonds. The Kier molecular flexibility index (Phi) is 4.07. The first kappa shape index (κ1) is 15.9. The number of aryl methyl sites for hydroxylation is 1. The van der Waals surface area contributed by atoms with E-state index in [1.54, 1.807) is 6.07 Å². The standard InChI is InChI=1S/C19H21ClN2O/c1-11(2)10-22-12(3)7-14(13(22)4)8-17-16-9-15(20)5-6-18(16)21-19(17)23/h5-9,11H,10H2,1-4H3,(H,21,23). The Balaban J connectivity index is 2.07. The number of carbonyl (C=O) groups is 1. The first-order valence-electron chi connectivity index (χ1n) is 7.86. The second kappa shape index (κ2) is 5.89. The van der Waals surface area contributed by atoms with Crippen LogP contribution in [0.3, 0.4) is 0 Å². The molecule has 1 aromatic heterocycles. The second-order valence-electron chi connectivity index (χ2n) is 6.53. The molecule has 0 atom stereocenters. The number of benzene rings is 1. The number of anilines is 1.